The second-order valence-electron chi connectivity index (χ2n) is 9.05. The number of furan rings is 1. The number of aromatic nitrogens is 2. The monoisotopic (exact) mass is 574 g/mol. The maximum absolute atomic E-state index is 13.5. The van der Waals surface area contributed by atoms with E-state index in [1.165, 1.54) is 18.5 Å². The van der Waals surface area contributed by atoms with Gasteiger partial charge in [0.15, 0.2) is 0 Å². The number of fused-ring (bicyclic) bond motifs is 1. The van der Waals surface area contributed by atoms with Crippen molar-refractivity contribution in [2.24, 2.45) is 0 Å². The Labute approximate surface area is 241 Å². The van der Waals surface area contributed by atoms with Crippen LogP contribution in [0.2, 0.25) is 5.02 Å². The zero-order valence-electron chi connectivity index (χ0n) is 21.9. The third kappa shape index (κ3) is 6.65. The molecule has 9 heteroatoms. The Balaban J connectivity index is 1.35. The lowest BCUT2D eigenvalue weighted by Crippen LogP contribution is -2.22. The third-order valence-corrected chi connectivity index (χ3v) is 7.17. The Hall–Kier alpha value is -3.85. The minimum absolute atomic E-state index is 0.0910. The fourth-order valence-electron chi connectivity index (χ4n) is 4.26. The van der Waals surface area contributed by atoms with Crippen molar-refractivity contribution in [1.29, 1.82) is 0 Å². The molecule has 0 bridgehead atoms. The summed E-state index contributed by atoms with van der Waals surface area (Å²) >= 11 is 8.26. The van der Waals surface area contributed by atoms with E-state index in [0.717, 1.165) is 45.0 Å². The quantitative estimate of drug-likeness (QED) is 0.146. The number of anilines is 2. The van der Waals surface area contributed by atoms with Crippen molar-refractivity contribution in [1.82, 2.24) is 15.3 Å². The lowest BCUT2D eigenvalue weighted by Gasteiger charge is -2.14. The molecule has 3 aromatic carbocycles. The number of halogens is 2. The van der Waals surface area contributed by atoms with Crippen LogP contribution in [-0.4, -0.2) is 28.5 Å². The van der Waals surface area contributed by atoms with Crippen LogP contribution in [0.1, 0.15) is 17.4 Å². The summed E-state index contributed by atoms with van der Waals surface area (Å²) in [5.74, 6) is 3.36. The first-order valence-electron chi connectivity index (χ1n) is 12.7. The molecule has 0 aliphatic heterocycles. The average Bonchev–Trinajstić information content (AvgIpc) is 3.45. The second kappa shape index (κ2) is 13.0. The van der Waals surface area contributed by atoms with E-state index < -0.39 is 0 Å². The zero-order chi connectivity index (χ0) is 27.9. The van der Waals surface area contributed by atoms with Crippen LogP contribution < -0.4 is 15.4 Å². The predicted molar refractivity (Wildman–Crippen MR) is 162 cm³/mol. The highest BCUT2D eigenvalue weighted by Crippen LogP contribution is 2.33. The van der Waals surface area contributed by atoms with Crippen LogP contribution in [0, 0.1) is 5.82 Å². The molecule has 2 heterocycles. The summed E-state index contributed by atoms with van der Waals surface area (Å²) in [7, 11) is 0. The van der Waals surface area contributed by atoms with E-state index in [9.17, 15) is 4.39 Å². The summed E-state index contributed by atoms with van der Waals surface area (Å²) in [6, 6.07) is 21.7. The van der Waals surface area contributed by atoms with Gasteiger partial charge in [-0.25, -0.2) is 14.4 Å². The van der Waals surface area contributed by atoms with E-state index >= 15 is 0 Å². The summed E-state index contributed by atoms with van der Waals surface area (Å²) < 4.78 is 25.5. The van der Waals surface area contributed by atoms with Crippen LogP contribution in [0.3, 0.4) is 0 Å². The second-order valence-corrected chi connectivity index (χ2v) is 10.4. The maximum Gasteiger partial charge on any atom is 0.141 e. The lowest BCUT2D eigenvalue weighted by molar-refractivity contribution is 0.306. The van der Waals surface area contributed by atoms with Crippen LogP contribution in [0.4, 0.5) is 15.9 Å². The van der Waals surface area contributed by atoms with Crippen LogP contribution in [0.15, 0.2) is 96.2 Å². The number of thioether (sulfide) groups is 1. The molecule has 5 rings (SSSR count). The number of nitrogens with zero attached hydrogens (tertiary/aromatic N) is 2. The summed E-state index contributed by atoms with van der Waals surface area (Å²) in [5, 5.41) is 8.06. The maximum atomic E-state index is 13.5. The zero-order valence-corrected chi connectivity index (χ0v) is 23.4. The van der Waals surface area contributed by atoms with Crippen LogP contribution in [0.25, 0.3) is 22.2 Å². The molecule has 0 spiro atoms. The van der Waals surface area contributed by atoms with E-state index in [4.69, 9.17) is 20.8 Å². The van der Waals surface area contributed by atoms with Crippen LogP contribution in [0.5, 0.6) is 5.75 Å². The molecule has 2 aromatic heterocycles. The van der Waals surface area contributed by atoms with Crippen molar-refractivity contribution in [2.75, 3.05) is 23.9 Å². The summed E-state index contributed by atoms with van der Waals surface area (Å²) in [6.07, 6.45) is 5.44. The van der Waals surface area contributed by atoms with Gasteiger partial charge in [0.1, 0.15) is 41.8 Å². The largest absolute Gasteiger partial charge is 0.487 e. The molecule has 0 aliphatic carbocycles. The van der Waals surface area contributed by atoms with Gasteiger partial charge in [0.05, 0.1) is 16.6 Å². The van der Waals surface area contributed by atoms with Gasteiger partial charge in [0.25, 0.3) is 0 Å². The van der Waals surface area contributed by atoms with Gasteiger partial charge in [-0.2, -0.15) is 11.8 Å². The number of hydrogen-bond donors (Lipinski definition) is 2. The van der Waals surface area contributed by atoms with Crippen molar-refractivity contribution in [3.05, 3.63) is 114 Å². The summed E-state index contributed by atoms with van der Waals surface area (Å²) in [5.41, 5.74) is 3.17. The van der Waals surface area contributed by atoms with E-state index in [2.05, 4.69) is 33.4 Å². The number of hydrogen-bond acceptors (Lipinski definition) is 7. The van der Waals surface area contributed by atoms with Gasteiger partial charge in [0, 0.05) is 28.9 Å². The molecule has 5 aromatic rings. The van der Waals surface area contributed by atoms with Gasteiger partial charge in [0.2, 0.25) is 0 Å². The predicted octanol–water partition coefficient (Wildman–Crippen LogP) is 8.18. The number of ether oxygens (including phenoxy) is 1. The first kappa shape index (κ1) is 27.7. The molecule has 0 aliphatic rings. The van der Waals surface area contributed by atoms with Crippen molar-refractivity contribution in [3.63, 3.8) is 0 Å². The van der Waals surface area contributed by atoms with Gasteiger partial charge >= 0.3 is 0 Å². The fraction of sp³-hybridized carbons (Fsp3) is 0.161. The minimum atomic E-state index is -0.306. The molecule has 0 amide bonds. The van der Waals surface area contributed by atoms with E-state index in [0.29, 0.717) is 23.1 Å². The molecule has 0 saturated carbocycles. The minimum Gasteiger partial charge on any atom is -0.487 e. The molecule has 6 nitrogen and oxygen atoms in total. The van der Waals surface area contributed by atoms with Gasteiger partial charge in [-0.15, -0.1) is 6.58 Å². The van der Waals surface area contributed by atoms with Crippen molar-refractivity contribution in [3.8, 4) is 17.1 Å². The topological polar surface area (TPSA) is 72.2 Å². The van der Waals surface area contributed by atoms with Crippen molar-refractivity contribution >= 4 is 45.8 Å². The molecular formula is C31H28ClFN4O2S. The third-order valence-electron chi connectivity index (χ3n) is 6.21. The standard InChI is InChI=1S/C31H28ClFN4O2S/c1-3-13-34-27(18-40-2)30-12-11-28(39-30)21-7-9-26-24(15-21)31(36-19-35-26)37-23-8-10-29(25(32)16-23)38-17-20-5-4-6-22(33)14-20/h3-12,14-16,19,27,34H,1,13,17-18H2,2H3,(H,35,36,37)/t27-/m0/s1. The molecule has 204 valence electrons. The normalized spacial score (nSPS) is 11.9. The number of rotatable bonds is 12. The number of benzene rings is 3. The molecular weight excluding hydrogens is 547 g/mol. The smallest absolute Gasteiger partial charge is 0.141 e. The van der Waals surface area contributed by atoms with E-state index in [1.54, 1.807) is 36.0 Å². The number of nitrogens with one attached hydrogen (secondary N) is 2. The summed E-state index contributed by atoms with van der Waals surface area (Å²) in [6.45, 7) is 4.71. The van der Waals surface area contributed by atoms with E-state index in [1.807, 2.05) is 42.5 Å². The Morgan fingerprint density at radius 2 is 2.00 bits per heavy atom. The fourth-order valence-corrected chi connectivity index (χ4v) is 5.11. The van der Waals surface area contributed by atoms with Gasteiger partial charge < -0.3 is 19.8 Å². The van der Waals surface area contributed by atoms with Gasteiger partial charge in [-0.05, 0) is 72.5 Å². The first-order valence-corrected chi connectivity index (χ1v) is 14.4. The molecule has 40 heavy (non-hydrogen) atoms. The Morgan fingerprint density at radius 3 is 2.80 bits per heavy atom. The molecule has 0 fully saturated rings. The van der Waals surface area contributed by atoms with Crippen LogP contribution >= 0.6 is 23.4 Å². The van der Waals surface area contributed by atoms with Gasteiger partial charge in [-0.1, -0.05) is 29.8 Å². The van der Waals surface area contributed by atoms with E-state index in [-0.39, 0.29) is 18.5 Å². The SMILES string of the molecule is C=CCN[C@@H](CSC)c1ccc(-c2ccc3ncnc(Nc4ccc(OCc5cccc(F)c5)c(Cl)c4)c3c2)o1. The van der Waals surface area contributed by atoms with Gasteiger partial charge in [-0.3, -0.25) is 0 Å². The Morgan fingerprint density at radius 1 is 1.10 bits per heavy atom. The highest BCUT2D eigenvalue weighted by atomic mass is 35.5. The van der Waals surface area contributed by atoms with Crippen molar-refractivity contribution in [2.45, 2.75) is 12.6 Å². The Kier molecular flexibility index (Phi) is 9.01. The molecule has 2 N–H and O–H groups in total. The highest BCUT2D eigenvalue weighted by molar-refractivity contribution is 7.98. The molecule has 1 atom stereocenters. The highest BCUT2D eigenvalue weighted by Gasteiger charge is 2.16. The van der Waals surface area contributed by atoms with Crippen LogP contribution in [-0.2, 0) is 6.61 Å². The lowest BCUT2D eigenvalue weighted by atomic mass is 10.1. The first-order chi connectivity index (χ1) is 19.5. The summed E-state index contributed by atoms with van der Waals surface area (Å²) in [4.78, 5) is 8.90. The average molecular weight is 575 g/mol. The molecule has 0 unspecified atom stereocenters. The molecule has 0 saturated heterocycles. The molecule has 0 radical (unpaired) electrons. The Bertz CT molecular complexity index is 1630. The van der Waals surface area contributed by atoms with Crippen molar-refractivity contribution < 1.29 is 13.5 Å².